The lowest BCUT2D eigenvalue weighted by molar-refractivity contribution is 0.0951. The molecule has 0 saturated carbocycles. The summed E-state index contributed by atoms with van der Waals surface area (Å²) < 4.78 is 6.28. The zero-order chi connectivity index (χ0) is 19.2. The highest BCUT2D eigenvalue weighted by Crippen LogP contribution is 2.36. The summed E-state index contributed by atoms with van der Waals surface area (Å²) in [5.74, 6) is 0.0209. The third-order valence-electron chi connectivity index (χ3n) is 5.39. The van der Waals surface area contributed by atoms with Gasteiger partial charge in [-0.1, -0.05) is 51.1 Å². The number of benzene rings is 1. The first-order chi connectivity index (χ1) is 12.2. The highest BCUT2D eigenvalue weighted by molar-refractivity contribution is 6.74. The molecule has 2 aromatic rings. The molecule has 140 valence electrons. The highest BCUT2D eigenvalue weighted by Gasteiger charge is 2.36. The molecular formula is C22H31NO2Si. The minimum Gasteiger partial charge on any atom is -0.417 e. The van der Waals surface area contributed by atoms with Crippen molar-refractivity contribution in [1.29, 1.82) is 0 Å². The van der Waals surface area contributed by atoms with Gasteiger partial charge in [-0.15, -0.1) is 0 Å². The first-order valence-electron chi connectivity index (χ1n) is 9.35. The summed E-state index contributed by atoms with van der Waals surface area (Å²) in [6.07, 6.45) is 5.02. The minimum atomic E-state index is -1.74. The number of pyridine rings is 1. The van der Waals surface area contributed by atoms with Gasteiger partial charge in [0.2, 0.25) is 0 Å². The summed E-state index contributed by atoms with van der Waals surface area (Å²) in [4.78, 5) is 17.1. The standard InChI is InChI=1S/C22H31NO2Si/c1-22(2,3)26(4,5)25-17-9-12-20(18-10-7-6-8-11-18)21(24)19-13-15-23-16-14-19/h6-8,10-11,13-16,20H,9,12,17H2,1-5H3. The smallest absolute Gasteiger partial charge is 0.191 e. The van der Waals surface area contributed by atoms with Crippen LogP contribution in [0.5, 0.6) is 0 Å². The van der Waals surface area contributed by atoms with E-state index in [4.69, 9.17) is 4.43 Å². The second kappa shape index (κ2) is 8.74. The number of ketones is 1. The average molecular weight is 370 g/mol. The van der Waals surface area contributed by atoms with E-state index in [1.54, 1.807) is 24.5 Å². The van der Waals surface area contributed by atoms with Crippen molar-refractivity contribution < 1.29 is 9.22 Å². The fraction of sp³-hybridized carbons (Fsp3) is 0.455. The number of rotatable bonds is 8. The molecule has 1 heterocycles. The fourth-order valence-corrected chi connectivity index (χ4v) is 3.77. The molecule has 4 heteroatoms. The quantitative estimate of drug-likeness (QED) is 0.333. The lowest BCUT2D eigenvalue weighted by Crippen LogP contribution is -2.41. The topological polar surface area (TPSA) is 39.2 Å². The Kier molecular flexibility index (Phi) is 6.90. The predicted octanol–water partition coefficient (Wildman–Crippen LogP) is 5.85. The Labute approximate surface area is 159 Å². The Morgan fingerprint density at radius 1 is 1.08 bits per heavy atom. The number of nitrogens with zero attached hydrogens (tertiary/aromatic N) is 1. The van der Waals surface area contributed by atoms with Gasteiger partial charge in [-0.05, 0) is 48.7 Å². The lowest BCUT2D eigenvalue weighted by Gasteiger charge is -2.36. The van der Waals surface area contributed by atoms with E-state index in [9.17, 15) is 4.79 Å². The number of hydrogen-bond donors (Lipinski definition) is 0. The van der Waals surface area contributed by atoms with E-state index in [1.165, 1.54) is 0 Å². The van der Waals surface area contributed by atoms with Gasteiger partial charge in [-0.3, -0.25) is 9.78 Å². The molecule has 3 nitrogen and oxygen atoms in total. The molecule has 1 atom stereocenters. The van der Waals surface area contributed by atoms with Gasteiger partial charge < -0.3 is 4.43 Å². The molecule has 26 heavy (non-hydrogen) atoms. The summed E-state index contributed by atoms with van der Waals surface area (Å²) >= 11 is 0. The van der Waals surface area contributed by atoms with Crippen LogP contribution in [0.3, 0.4) is 0 Å². The van der Waals surface area contributed by atoms with Crippen LogP contribution in [0.25, 0.3) is 0 Å². The molecule has 0 fully saturated rings. The van der Waals surface area contributed by atoms with Crippen molar-refractivity contribution >= 4 is 14.1 Å². The van der Waals surface area contributed by atoms with Gasteiger partial charge in [-0.25, -0.2) is 0 Å². The monoisotopic (exact) mass is 369 g/mol. The second-order valence-corrected chi connectivity index (χ2v) is 13.1. The summed E-state index contributed by atoms with van der Waals surface area (Å²) in [6.45, 7) is 12.0. The Morgan fingerprint density at radius 3 is 2.27 bits per heavy atom. The van der Waals surface area contributed by atoms with E-state index in [2.05, 4.69) is 38.8 Å². The molecule has 0 aliphatic carbocycles. The third kappa shape index (κ3) is 5.35. The zero-order valence-corrected chi connectivity index (χ0v) is 17.7. The SMILES string of the molecule is CC(C)(C)[Si](C)(C)OCCCC(C(=O)c1ccncc1)c1ccccc1. The summed E-state index contributed by atoms with van der Waals surface area (Å²) in [6, 6.07) is 13.6. The molecule has 0 amide bonds. The molecular weight excluding hydrogens is 338 g/mol. The van der Waals surface area contributed by atoms with Crippen molar-refractivity contribution in [3.8, 4) is 0 Å². The molecule has 2 rings (SSSR count). The van der Waals surface area contributed by atoms with Crippen LogP contribution >= 0.6 is 0 Å². The van der Waals surface area contributed by atoms with Crippen LogP contribution in [0, 0.1) is 0 Å². The van der Waals surface area contributed by atoms with Crippen LogP contribution < -0.4 is 0 Å². The number of hydrogen-bond acceptors (Lipinski definition) is 3. The van der Waals surface area contributed by atoms with Gasteiger partial charge in [0.05, 0.1) is 0 Å². The van der Waals surface area contributed by atoms with Gasteiger partial charge >= 0.3 is 0 Å². The maximum atomic E-state index is 13.0. The lowest BCUT2D eigenvalue weighted by atomic mass is 9.87. The highest BCUT2D eigenvalue weighted by atomic mass is 28.4. The van der Waals surface area contributed by atoms with Gasteiger partial charge in [0.15, 0.2) is 14.1 Å². The molecule has 0 saturated heterocycles. The number of Topliss-reactive ketones (excluding diaryl/α,β-unsaturated/α-hetero) is 1. The van der Waals surface area contributed by atoms with E-state index in [1.807, 2.05) is 30.3 Å². The maximum absolute atomic E-state index is 13.0. The Morgan fingerprint density at radius 2 is 1.69 bits per heavy atom. The van der Waals surface area contributed by atoms with Crippen molar-refractivity contribution in [1.82, 2.24) is 4.98 Å². The van der Waals surface area contributed by atoms with Crippen molar-refractivity contribution in [2.24, 2.45) is 0 Å². The van der Waals surface area contributed by atoms with Gasteiger partial charge in [0, 0.05) is 30.5 Å². The second-order valence-electron chi connectivity index (χ2n) is 8.31. The number of aromatic nitrogens is 1. The largest absolute Gasteiger partial charge is 0.417 e. The van der Waals surface area contributed by atoms with Crippen LogP contribution in [0.4, 0.5) is 0 Å². The van der Waals surface area contributed by atoms with Crippen molar-refractivity contribution in [2.75, 3.05) is 6.61 Å². The number of carbonyl (C=O) groups excluding carboxylic acids is 1. The zero-order valence-electron chi connectivity index (χ0n) is 16.7. The molecule has 1 aromatic carbocycles. The van der Waals surface area contributed by atoms with E-state index in [-0.39, 0.29) is 16.7 Å². The molecule has 0 spiro atoms. The van der Waals surface area contributed by atoms with Crippen molar-refractivity contribution in [2.45, 2.75) is 57.7 Å². The normalized spacial score (nSPS) is 13.4. The first kappa shape index (κ1) is 20.5. The van der Waals surface area contributed by atoms with Gasteiger partial charge in [0.25, 0.3) is 0 Å². The third-order valence-corrected chi connectivity index (χ3v) is 9.93. The van der Waals surface area contributed by atoms with Crippen LogP contribution in [0.15, 0.2) is 54.9 Å². The molecule has 0 aliphatic rings. The van der Waals surface area contributed by atoms with E-state index in [0.29, 0.717) is 6.61 Å². The van der Waals surface area contributed by atoms with Crippen molar-refractivity contribution in [3.63, 3.8) is 0 Å². The van der Waals surface area contributed by atoms with Crippen LogP contribution in [0.2, 0.25) is 18.1 Å². The van der Waals surface area contributed by atoms with Crippen molar-refractivity contribution in [3.05, 3.63) is 66.0 Å². The molecule has 0 aliphatic heterocycles. The number of carbonyl (C=O) groups is 1. The van der Waals surface area contributed by atoms with Crippen LogP contribution in [0.1, 0.15) is 55.5 Å². The van der Waals surface area contributed by atoms with Gasteiger partial charge in [-0.2, -0.15) is 0 Å². The van der Waals surface area contributed by atoms with Crippen LogP contribution in [-0.2, 0) is 4.43 Å². The Balaban J connectivity index is 2.05. The fourth-order valence-electron chi connectivity index (χ4n) is 2.68. The predicted molar refractivity (Wildman–Crippen MR) is 110 cm³/mol. The van der Waals surface area contributed by atoms with Crippen LogP contribution in [-0.4, -0.2) is 25.7 Å². The molecule has 1 aromatic heterocycles. The average Bonchev–Trinajstić information content (AvgIpc) is 2.62. The summed E-state index contributed by atoms with van der Waals surface area (Å²) in [5.41, 5.74) is 1.79. The van der Waals surface area contributed by atoms with E-state index < -0.39 is 8.32 Å². The van der Waals surface area contributed by atoms with E-state index >= 15 is 0 Å². The molecule has 0 bridgehead atoms. The summed E-state index contributed by atoms with van der Waals surface area (Å²) in [5, 5.41) is 0.207. The van der Waals surface area contributed by atoms with Gasteiger partial charge in [0.1, 0.15) is 0 Å². The first-order valence-corrected chi connectivity index (χ1v) is 12.3. The minimum absolute atomic E-state index is 0.137. The Hall–Kier alpha value is -1.78. The maximum Gasteiger partial charge on any atom is 0.191 e. The molecule has 0 N–H and O–H groups in total. The Bertz CT molecular complexity index is 693. The molecule has 1 unspecified atom stereocenters. The summed E-state index contributed by atoms with van der Waals surface area (Å²) in [7, 11) is -1.74. The van der Waals surface area contributed by atoms with E-state index in [0.717, 1.165) is 24.0 Å². The molecule has 0 radical (unpaired) electrons.